The number of carbonyl (C=O) groups excluding carboxylic acids is 2. The van der Waals surface area contributed by atoms with Gasteiger partial charge in [0, 0.05) is 18.1 Å². The summed E-state index contributed by atoms with van der Waals surface area (Å²) < 4.78 is 6.63. The average Bonchev–Trinajstić information content (AvgIpc) is 2.67. The Kier molecular flexibility index (Phi) is 7.42. The number of hydrogen-bond donors (Lipinski definition) is 1. The Morgan fingerprint density at radius 2 is 1.78 bits per heavy atom. The summed E-state index contributed by atoms with van der Waals surface area (Å²) in [7, 11) is 1.56. The molecule has 1 atom stereocenters. The molecule has 0 aliphatic carbocycles. The smallest absolute Gasteiger partial charge is 0.261 e. The SMILES string of the molecule is CNC(=O)C(C)N(Cc1ccc(Br)cc1)C(=O)COc1ccc(C)c(C)c1. The molecule has 0 spiro atoms. The number of benzene rings is 2. The molecular formula is C21H25BrN2O3. The number of carbonyl (C=O) groups is 2. The summed E-state index contributed by atoms with van der Waals surface area (Å²) in [5, 5.41) is 2.60. The lowest BCUT2D eigenvalue weighted by Crippen LogP contribution is -2.48. The molecule has 1 N–H and O–H groups in total. The van der Waals surface area contributed by atoms with Crippen molar-refractivity contribution in [3.63, 3.8) is 0 Å². The van der Waals surface area contributed by atoms with Crippen LogP contribution in [0.3, 0.4) is 0 Å². The van der Waals surface area contributed by atoms with Gasteiger partial charge in [-0.1, -0.05) is 34.1 Å². The molecule has 2 aromatic rings. The molecule has 0 bridgehead atoms. The highest BCUT2D eigenvalue weighted by Crippen LogP contribution is 2.18. The van der Waals surface area contributed by atoms with Gasteiger partial charge in [-0.05, 0) is 61.7 Å². The van der Waals surface area contributed by atoms with Crippen LogP contribution in [0.25, 0.3) is 0 Å². The lowest BCUT2D eigenvalue weighted by molar-refractivity contribution is -0.142. The first-order chi connectivity index (χ1) is 12.8. The van der Waals surface area contributed by atoms with Gasteiger partial charge in [0.2, 0.25) is 5.91 Å². The number of nitrogens with one attached hydrogen (secondary N) is 1. The molecule has 0 aliphatic heterocycles. The van der Waals surface area contributed by atoms with Crippen LogP contribution in [0.4, 0.5) is 0 Å². The number of amides is 2. The van der Waals surface area contributed by atoms with Gasteiger partial charge in [0.25, 0.3) is 5.91 Å². The molecule has 2 aromatic carbocycles. The number of aryl methyl sites for hydroxylation is 2. The number of hydrogen-bond acceptors (Lipinski definition) is 3. The predicted octanol–water partition coefficient (Wildman–Crippen LogP) is 3.61. The number of halogens is 1. The van der Waals surface area contributed by atoms with Crippen molar-refractivity contribution in [2.24, 2.45) is 0 Å². The first kappa shape index (κ1) is 21.0. The Balaban J connectivity index is 2.12. The van der Waals surface area contributed by atoms with E-state index in [1.807, 2.05) is 56.3 Å². The summed E-state index contributed by atoms with van der Waals surface area (Å²) in [6.07, 6.45) is 0. The van der Waals surface area contributed by atoms with Crippen LogP contribution in [0, 0.1) is 13.8 Å². The number of nitrogens with zero attached hydrogens (tertiary/aromatic N) is 1. The standard InChI is InChI=1S/C21H25BrN2O3/c1-14-5-10-19(11-15(14)2)27-13-20(25)24(16(3)21(26)23-4)12-17-6-8-18(22)9-7-17/h5-11,16H,12-13H2,1-4H3,(H,23,26). The van der Waals surface area contributed by atoms with E-state index in [1.165, 1.54) is 10.5 Å². The van der Waals surface area contributed by atoms with Crippen molar-refractivity contribution < 1.29 is 14.3 Å². The highest BCUT2D eigenvalue weighted by atomic mass is 79.9. The third kappa shape index (κ3) is 5.82. The molecular weight excluding hydrogens is 408 g/mol. The maximum Gasteiger partial charge on any atom is 0.261 e. The van der Waals surface area contributed by atoms with Crippen molar-refractivity contribution in [3.8, 4) is 5.75 Å². The van der Waals surface area contributed by atoms with Crippen LogP contribution < -0.4 is 10.1 Å². The van der Waals surface area contributed by atoms with E-state index < -0.39 is 6.04 Å². The van der Waals surface area contributed by atoms with Gasteiger partial charge in [-0.3, -0.25) is 9.59 Å². The third-order valence-corrected chi connectivity index (χ3v) is 5.05. The Morgan fingerprint density at radius 3 is 2.37 bits per heavy atom. The molecule has 1 unspecified atom stereocenters. The van der Waals surface area contributed by atoms with E-state index in [1.54, 1.807) is 14.0 Å². The van der Waals surface area contributed by atoms with Crippen molar-refractivity contribution >= 4 is 27.7 Å². The molecule has 27 heavy (non-hydrogen) atoms. The second-order valence-electron chi connectivity index (χ2n) is 6.47. The monoisotopic (exact) mass is 432 g/mol. The summed E-state index contributed by atoms with van der Waals surface area (Å²) in [6, 6.07) is 12.8. The largest absolute Gasteiger partial charge is 0.484 e. The fourth-order valence-corrected chi connectivity index (χ4v) is 2.87. The van der Waals surface area contributed by atoms with Crippen molar-refractivity contribution in [2.45, 2.75) is 33.4 Å². The topological polar surface area (TPSA) is 58.6 Å². The van der Waals surface area contributed by atoms with E-state index in [0.717, 1.165) is 15.6 Å². The van der Waals surface area contributed by atoms with Crippen LogP contribution in [0.15, 0.2) is 46.9 Å². The van der Waals surface area contributed by atoms with Gasteiger partial charge in [-0.2, -0.15) is 0 Å². The van der Waals surface area contributed by atoms with E-state index in [0.29, 0.717) is 12.3 Å². The van der Waals surface area contributed by atoms with Crippen LogP contribution >= 0.6 is 15.9 Å². The van der Waals surface area contributed by atoms with Crippen LogP contribution in [0.1, 0.15) is 23.6 Å². The third-order valence-electron chi connectivity index (χ3n) is 4.52. The summed E-state index contributed by atoms with van der Waals surface area (Å²) in [6.45, 7) is 5.94. The first-order valence-electron chi connectivity index (χ1n) is 8.77. The minimum Gasteiger partial charge on any atom is -0.484 e. The molecule has 0 heterocycles. The predicted molar refractivity (Wildman–Crippen MR) is 110 cm³/mol. The molecule has 5 nitrogen and oxygen atoms in total. The molecule has 0 aliphatic rings. The summed E-state index contributed by atoms with van der Waals surface area (Å²) in [5.41, 5.74) is 3.21. The van der Waals surface area contributed by atoms with Crippen LogP contribution in [-0.4, -0.2) is 36.4 Å². The Morgan fingerprint density at radius 1 is 1.11 bits per heavy atom. The maximum absolute atomic E-state index is 12.8. The molecule has 6 heteroatoms. The van der Waals surface area contributed by atoms with E-state index in [9.17, 15) is 9.59 Å². The Hall–Kier alpha value is -2.34. The lowest BCUT2D eigenvalue weighted by atomic mass is 10.1. The van der Waals surface area contributed by atoms with Crippen molar-refractivity contribution in [3.05, 3.63) is 63.6 Å². The van der Waals surface area contributed by atoms with Crippen molar-refractivity contribution in [1.29, 1.82) is 0 Å². The molecule has 2 rings (SSSR count). The van der Waals surface area contributed by atoms with Gasteiger partial charge in [0.05, 0.1) is 0 Å². The number of ether oxygens (including phenoxy) is 1. The summed E-state index contributed by atoms with van der Waals surface area (Å²) >= 11 is 3.40. The van der Waals surface area contributed by atoms with Crippen LogP contribution in [0.2, 0.25) is 0 Å². The second-order valence-corrected chi connectivity index (χ2v) is 7.39. The molecule has 144 valence electrons. The van der Waals surface area contributed by atoms with Gasteiger partial charge < -0.3 is 15.0 Å². The second kappa shape index (κ2) is 9.55. The number of rotatable bonds is 7. The van der Waals surface area contributed by atoms with Gasteiger partial charge in [0.15, 0.2) is 6.61 Å². The minimum absolute atomic E-state index is 0.125. The van der Waals surface area contributed by atoms with Crippen molar-refractivity contribution in [2.75, 3.05) is 13.7 Å². The Labute approximate surface area is 168 Å². The number of likely N-dealkylation sites (N-methyl/N-ethyl adjacent to an activating group) is 1. The van der Waals surface area contributed by atoms with E-state index >= 15 is 0 Å². The summed E-state index contributed by atoms with van der Waals surface area (Å²) in [4.78, 5) is 26.4. The first-order valence-corrected chi connectivity index (χ1v) is 9.56. The van der Waals surface area contributed by atoms with Gasteiger partial charge in [0.1, 0.15) is 11.8 Å². The van der Waals surface area contributed by atoms with E-state index in [4.69, 9.17) is 4.74 Å². The molecule has 0 fully saturated rings. The Bertz CT molecular complexity index is 806. The van der Waals surface area contributed by atoms with E-state index in [-0.39, 0.29) is 18.4 Å². The van der Waals surface area contributed by atoms with Gasteiger partial charge in [-0.25, -0.2) is 0 Å². The quantitative estimate of drug-likeness (QED) is 0.726. The van der Waals surface area contributed by atoms with Crippen LogP contribution in [0.5, 0.6) is 5.75 Å². The lowest BCUT2D eigenvalue weighted by Gasteiger charge is -2.28. The fraction of sp³-hybridized carbons (Fsp3) is 0.333. The van der Waals surface area contributed by atoms with Crippen molar-refractivity contribution in [1.82, 2.24) is 10.2 Å². The fourth-order valence-electron chi connectivity index (χ4n) is 2.61. The molecule has 0 saturated heterocycles. The summed E-state index contributed by atoms with van der Waals surface area (Å²) in [5.74, 6) is 0.182. The van der Waals surface area contributed by atoms with Gasteiger partial charge >= 0.3 is 0 Å². The molecule has 0 saturated carbocycles. The van der Waals surface area contributed by atoms with Gasteiger partial charge in [-0.15, -0.1) is 0 Å². The highest BCUT2D eigenvalue weighted by Gasteiger charge is 2.25. The zero-order chi connectivity index (χ0) is 20.0. The molecule has 0 aromatic heterocycles. The van der Waals surface area contributed by atoms with Crippen LogP contribution in [-0.2, 0) is 16.1 Å². The normalized spacial score (nSPS) is 11.6. The molecule has 0 radical (unpaired) electrons. The van der Waals surface area contributed by atoms with E-state index in [2.05, 4.69) is 21.2 Å². The maximum atomic E-state index is 12.8. The zero-order valence-corrected chi connectivity index (χ0v) is 17.7. The molecule has 2 amide bonds. The average molecular weight is 433 g/mol. The minimum atomic E-state index is -0.602. The highest BCUT2D eigenvalue weighted by molar-refractivity contribution is 9.10. The zero-order valence-electron chi connectivity index (χ0n) is 16.1.